The molecular formula is C22H36N3O3S+. The molecule has 1 fully saturated rings. The maximum absolute atomic E-state index is 12.6. The summed E-state index contributed by atoms with van der Waals surface area (Å²) in [4.78, 5) is 13.6. The van der Waals surface area contributed by atoms with Gasteiger partial charge in [0.1, 0.15) is 0 Å². The van der Waals surface area contributed by atoms with Crippen molar-refractivity contribution in [3.8, 4) is 0 Å². The van der Waals surface area contributed by atoms with E-state index in [0.717, 1.165) is 16.9 Å². The van der Waals surface area contributed by atoms with E-state index >= 15 is 0 Å². The third kappa shape index (κ3) is 8.28. The average Bonchev–Trinajstić information content (AvgIpc) is 2.58. The van der Waals surface area contributed by atoms with Crippen molar-refractivity contribution in [2.24, 2.45) is 5.41 Å². The molecule has 1 saturated heterocycles. The Morgan fingerprint density at radius 2 is 1.69 bits per heavy atom. The number of nitrogens with zero attached hydrogens (tertiary/aromatic N) is 1. The van der Waals surface area contributed by atoms with Crippen LogP contribution in [0.15, 0.2) is 35.7 Å². The molecule has 1 aliphatic heterocycles. The first kappa shape index (κ1) is 23.6. The number of piperazine rings is 1. The lowest BCUT2D eigenvalue weighted by molar-refractivity contribution is -0.895. The molecule has 162 valence electrons. The predicted molar refractivity (Wildman–Crippen MR) is 118 cm³/mol. The number of nitrogens with one attached hydrogen (secondary N) is 2. The number of benzene rings is 1. The minimum absolute atomic E-state index is 0.0227. The van der Waals surface area contributed by atoms with Crippen LogP contribution in [-0.4, -0.2) is 56.9 Å². The first-order valence-electron chi connectivity index (χ1n) is 10.2. The second-order valence-corrected chi connectivity index (χ2v) is 11.6. The third-order valence-corrected chi connectivity index (χ3v) is 6.45. The van der Waals surface area contributed by atoms with Gasteiger partial charge in [-0.15, -0.1) is 0 Å². The molecule has 2 N–H and O–H groups in total. The van der Waals surface area contributed by atoms with Crippen LogP contribution in [0.2, 0.25) is 0 Å². The standard InChI is InChI=1S/C22H35N3O3S/c1-21(2,3)18-22(4,5)23-20(26)17-24-12-14-25(15-13-24)29(27,28)16-11-19-9-7-6-8-10-19/h6-11,16H,12-15,17-18H2,1-5H3,(H,23,26)/p+1/b16-11+. The minimum atomic E-state index is -3.44. The van der Waals surface area contributed by atoms with Gasteiger partial charge in [0.2, 0.25) is 10.0 Å². The Morgan fingerprint density at radius 1 is 1.10 bits per heavy atom. The summed E-state index contributed by atoms with van der Waals surface area (Å²) in [5.74, 6) is 0.0227. The van der Waals surface area contributed by atoms with E-state index < -0.39 is 10.0 Å². The van der Waals surface area contributed by atoms with Crippen LogP contribution in [0.1, 0.15) is 46.6 Å². The summed E-state index contributed by atoms with van der Waals surface area (Å²) in [6.45, 7) is 13.1. The zero-order valence-electron chi connectivity index (χ0n) is 18.4. The molecule has 6 nitrogen and oxygen atoms in total. The van der Waals surface area contributed by atoms with Gasteiger partial charge in [-0.2, -0.15) is 4.31 Å². The van der Waals surface area contributed by atoms with E-state index in [0.29, 0.717) is 32.7 Å². The first-order valence-corrected chi connectivity index (χ1v) is 11.7. The Labute approximate surface area is 176 Å². The highest BCUT2D eigenvalue weighted by atomic mass is 32.2. The van der Waals surface area contributed by atoms with Crippen molar-refractivity contribution < 1.29 is 18.1 Å². The molecule has 0 spiro atoms. The highest BCUT2D eigenvalue weighted by Gasteiger charge is 2.31. The van der Waals surface area contributed by atoms with Gasteiger partial charge in [0, 0.05) is 10.9 Å². The summed E-state index contributed by atoms with van der Waals surface area (Å²) in [6.07, 6.45) is 2.51. The van der Waals surface area contributed by atoms with Crippen molar-refractivity contribution in [3.63, 3.8) is 0 Å². The topological polar surface area (TPSA) is 70.9 Å². The smallest absolute Gasteiger partial charge is 0.275 e. The lowest BCUT2D eigenvalue weighted by Gasteiger charge is -2.34. The van der Waals surface area contributed by atoms with Crippen LogP contribution in [-0.2, 0) is 14.8 Å². The Morgan fingerprint density at radius 3 is 2.24 bits per heavy atom. The van der Waals surface area contributed by atoms with Crippen LogP contribution in [0.4, 0.5) is 0 Å². The summed E-state index contributed by atoms with van der Waals surface area (Å²) in [5.41, 5.74) is 0.730. The normalized spacial score (nSPS) is 17.6. The maximum Gasteiger partial charge on any atom is 0.275 e. The monoisotopic (exact) mass is 422 g/mol. The van der Waals surface area contributed by atoms with E-state index in [4.69, 9.17) is 0 Å². The van der Waals surface area contributed by atoms with Crippen LogP contribution in [0.3, 0.4) is 0 Å². The second kappa shape index (κ2) is 9.41. The van der Waals surface area contributed by atoms with Gasteiger partial charge < -0.3 is 10.2 Å². The van der Waals surface area contributed by atoms with Crippen molar-refractivity contribution in [2.75, 3.05) is 32.7 Å². The second-order valence-electron chi connectivity index (χ2n) is 9.75. The van der Waals surface area contributed by atoms with Gasteiger partial charge in [-0.3, -0.25) is 4.79 Å². The van der Waals surface area contributed by atoms with Gasteiger partial charge in [0.15, 0.2) is 6.54 Å². The molecule has 29 heavy (non-hydrogen) atoms. The summed E-state index contributed by atoms with van der Waals surface area (Å²) in [6, 6.07) is 9.39. The van der Waals surface area contributed by atoms with Gasteiger partial charge in [-0.1, -0.05) is 51.1 Å². The molecule has 2 rings (SSSR count). The summed E-state index contributed by atoms with van der Waals surface area (Å²) in [7, 11) is -3.44. The van der Waals surface area contributed by atoms with E-state index in [-0.39, 0.29) is 16.9 Å². The summed E-state index contributed by atoms with van der Waals surface area (Å²) >= 11 is 0. The van der Waals surface area contributed by atoms with E-state index in [2.05, 4.69) is 39.9 Å². The zero-order chi connectivity index (χ0) is 21.7. The lowest BCUT2D eigenvalue weighted by Crippen LogP contribution is -3.16. The molecule has 0 aromatic heterocycles. The fourth-order valence-corrected chi connectivity index (χ4v) is 5.26. The maximum atomic E-state index is 12.6. The van der Waals surface area contributed by atoms with E-state index in [1.807, 2.05) is 30.3 Å². The first-order chi connectivity index (χ1) is 13.4. The lowest BCUT2D eigenvalue weighted by atomic mass is 9.82. The third-order valence-electron chi connectivity index (χ3n) is 4.88. The highest BCUT2D eigenvalue weighted by Crippen LogP contribution is 2.26. The van der Waals surface area contributed by atoms with Gasteiger partial charge in [0.25, 0.3) is 5.91 Å². The van der Waals surface area contributed by atoms with Crippen molar-refractivity contribution in [1.29, 1.82) is 0 Å². The molecule has 0 unspecified atom stereocenters. The van der Waals surface area contributed by atoms with E-state index in [9.17, 15) is 13.2 Å². The Balaban J connectivity index is 1.84. The van der Waals surface area contributed by atoms with Crippen molar-refractivity contribution >= 4 is 22.0 Å². The van der Waals surface area contributed by atoms with Crippen LogP contribution >= 0.6 is 0 Å². The Kier molecular flexibility index (Phi) is 7.65. The van der Waals surface area contributed by atoms with E-state index in [1.165, 1.54) is 9.71 Å². The quantitative estimate of drug-likeness (QED) is 0.700. The van der Waals surface area contributed by atoms with Gasteiger partial charge in [0.05, 0.1) is 26.2 Å². The Bertz CT molecular complexity index is 803. The molecule has 1 aromatic carbocycles. The number of carbonyl (C=O) groups excluding carboxylic acids is 1. The number of rotatable bonds is 7. The molecule has 0 aliphatic carbocycles. The molecule has 1 aliphatic rings. The number of carbonyl (C=O) groups is 1. The molecular weight excluding hydrogens is 386 g/mol. The number of amides is 1. The summed E-state index contributed by atoms with van der Waals surface area (Å²) in [5, 5.41) is 4.41. The number of hydrogen-bond acceptors (Lipinski definition) is 3. The number of quaternary nitrogens is 1. The van der Waals surface area contributed by atoms with Crippen molar-refractivity contribution in [1.82, 2.24) is 9.62 Å². The predicted octanol–water partition coefficient (Wildman–Crippen LogP) is 1.52. The van der Waals surface area contributed by atoms with Crippen LogP contribution in [0.25, 0.3) is 6.08 Å². The van der Waals surface area contributed by atoms with Crippen molar-refractivity contribution in [3.05, 3.63) is 41.3 Å². The molecule has 0 saturated carbocycles. The van der Waals surface area contributed by atoms with Gasteiger partial charge in [-0.25, -0.2) is 8.42 Å². The van der Waals surface area contributed by atoms with Crippen LogP contribution in [0, 0.1) is 5.41 Å². The highest BCUT2D eigenvalue weighted by molar-refractivity contribution is 7.92. The summed E-state index contributed by atoms with van der Waals surface area (Å²) < 4.78 is 26.6. The van der Waals surface area contributed by atoms with Gasteiger partial charge in [-0.05, 0) is 37.3 Å². The molecule has 7 heteroatoms. The molecule has 1 aromatic rings. The van der Waals surface area contributed by atoms with Gasteiger partial charge >= 0.3 is 0 Å². The largest absolute Gasteiger partial charge is 0.346 e. The minimum Gasteiger partial charge on any atom is -0.346 e. The number of hydrogen-bond donors (Lipinski definition) is 2. The fourth-order valence-electron chi connectivity index (χ4n) is 4.07. The Hall–Kier alpha value is -1.70. The van der Waals surface area contributed by atoms with E-state index in [1.54, 1.807) is 6.08 Å². The molecule has 0 bridgehead atoms. The average molecular weight is 423 g/mol. The molecule has 1 amide bonds. The van der Waals surface area contributed by atoms with Crippen LogP contribution in [0.5, 0.6) is 0 Å². The molecule has 1 heterocycles. The zero-order valence-corrected chi connectivity index (χ0v) is 19.2. The fraction of sp³-hybridized carbons (Fsp3) is 0.591. The molecule has 0 radical (unpaired) electrons. The van der Waals surface area contributed by atoms with Crippen LogP contribution < -0.4 is 10.2 Å². The van der Waals surface area contributed by atoms with Crippen molar-refractivity contribution in [2.45, 2.75) is 46.6 Å². The SMILES string of the molecule is CC(C)(C)CC(C)(C)NC(=O)C[NH+]1CCN(S(=O)(=O)/C=C/c2ccccc2)CC1. The number of sulfonamides is 1. The molecule has 0 atom stereocenters.